The van der Waals surface area contributed by atoms with Gasteiger partial charge in [-0.1, -0.05) is 6.07 Å². The van der Waals surface area contributed by atoms with E-state index in [0.29, 0.717) is 6.61 Å². The van der Waals surface area contributed by atoms with E-state index in [0.717, 1.165) is 23.4 Å². The lowest BCUT2D eigenvalue weighted by molar-refractivity contribution is -0.140. The number of hydrogen-bond donors (Lipinski definition) is 0. The van der Waals surface area contributed by atoms with Crippen LogP contribution < -0.4 is 9.64 Å². The van der Waals surface area contributed by atoms with Crippen LogP contribution in [-0.4, -0.2) is 46.1 Å². The van der Waals surface area contributed by atoms with Crippen LogP contribution in [0.25, 0.3) is 0 Å². The molecule has 0 amide bonds. The molecule has 1 aromatic rings. The smallest absolute Gasteiger partial charge is 0.355 e. The highest BCUT2D eigenvalue weighted by Crippen LogP contribution is 2.37. The third kappa shape index (κ3) is 2.63. The monoisotopic (exact) mass is 319 g/mol. The molecular formula is C16H17NO6. The summed E-state index contributed by atoms with van der Waals surface area (Å²) in [5, 5.41) is 0. The Hall–Kier alpha value is -2.54. The van der Waals surface area contributed by atoms with Crippen LogP contribution >= 0.6 is 0 Å². The number of hydrogen-bond acceptors (Lipinski definition) is 7. The highest BCUT2D eigenvalue weighted by atomic mass is 16.5. The number of esters is 2. The fraction of sp³-hybridized carbons (Fsp3) is 0.375. The van der Waals surface area contributed by atoms with Crippen LogP contribution in [0.3, 0.4) is 0 Å². The van der Waals surface area contributed by atoms with Gasteiger partial charge in [0.15, 0.2) is 0 Å². The van der Waals surface area contributed by atoms with Crippen molar-refractivity contribution in [3.8, 4) is 5.75 Å². The van der Waals surface area contributed by atoms with Gasteiger partial charge in [0, 0.05) is 12.0 Å². The van der Waals surface area contributed by atoms with Crippen molar-refractivity contribution >= 4 is 17.6 Å². The highest BCUT2D eigenvalue weighted by molar-refractivity contribution is 6.03. The van der Waals surface area contributed by atoms with Crippen LogP contribution in [0.2, 0.25) is 0 Å². The number of carbonyl (C=O) groups excluding carboxylic acids is 2. The number of carbonyl (C=O) groups is 2. The molecule has 0 atom stereocenters. The molecule has 0 fully saturated rings. The molecule has 0 saturated heterocycles. The number of nitrogens with zero attached hydrogens (tertiary/aromatic N) is 1. The summed E-state index contributed by atoms with van der Waals surface area (Å²) in [6.07, 6.45) is 0.726. The second-order valence-corrected chi connectivity index (χ2v) is 5.07. The Morgan fingerprint density at radius 1 is 1.17 bits per heavy atom. The first-order valence-electron chi connectivity index (χ1n) is 7.17. The Morgan fingerprint density at radius 3 is 2.70 bits per heavy atom. The first kappa shape index (κ1) is 15.4. The van der Waals surface area contributed by atoms with E-state index in [9.17, 15) is 9.59 Å². The Balaban J connectivity index is 2.12. The lowest BCUT2D eigenvalue weighted by Gasteiger charge is -2.32. The fourth-order valence-electron chi connectivity index (χ4n) is 2.79. The minimum atomic E-state index is -0.612. The molecule has 0 unspecified atom stereocenters. The van der Waals surface area contributed by atoms with Crippen molar-refractivity contribution in [3.05, 3.63) is 35.0 Å². The maximum Gasteiger partial charge on any atom is 0.355 e. The van der Waals surface area contributed by atoms with E-state index in [2.05, 4.69) is 0 Å². The van der Waals surface area contributed by atoms with Crippen LogP contribution in [0.1, 0.15) is 5.56 Å². The van der Waals surface area contributed by atoms with Crippen LogP contribution in [0, 0.1) is 0 Å². The Labute approximate surface area is 133 Å². The van der Waals surface area contributed by atoms with Gasteiger partial charge >= 0.3 is 11.9 Å². The number of benzene rings is 1. The third-order valence-electron chi connectivity index (χ3n) is 3.84. The van der Waals surface area contributed by atoms with E-state index >= 15 is 0 Å². The molecule has 0 aromatic heterocycles. The molecule has 0 spiro atoms. The van der Waals surface area contributed by atoms with Crippen LogP contribution in [0.4, 0.5) is 5.69 Å². The molecule has 7 nitrogen and oxygen atoms in total. The van der Waals surface area contributed by atoms with Crippen molar-refractivity contribution in [2.24, 2.45) is 0 Å². The average Bonchev–Trinajstić information content (AvgIpc) is 3.08. The van der Waals surface area contributed by atoms with Crippen molar-refractivity contribution in [1.82, 2.24) is 0 Å². The molecule has 7 heteroatoms. The molecule has 122 valence electrons. The zero-order valence-electron chi connectivity index (χ0n) is 13.0. The van der Waals surface area contributed by atoms with Crippen molar-refractivity contribution in [2.75, 3.05) is 39.1 Å². The van der Waals surface area contributed by atoms with Gasteiger partial charge in [-0.15, -0.1) is 0 Å². The molecule has 0 radical (unpaired) electrons. The quantitative estimate of drug-likeness (QED) is 0.770. The molecule has 2 heterocycles. The second-order valence-electron chi connectivity index (χ2n) is 5.07. The maximum absolute atomic E-state index is 12.3. The number of rotatable bonds is 3. The van der Waals surface area contributed by atoms with Crippen molar-refractivity contribution in [3.63, 3.8) is 0 Å². The summed E-state index contributed by atoms with van der Waals surface area (Å²) in [5.41, 5.74) is 2.03. The minimum absolute atomic E-state index is 0.000862. The van der Waals surface area contributed by atoms with Crippen LogP contribution in [0.15, 0.2) is 29.5 Å². The summed E-state index contributed by atoms with van der Waals surface area (Å²) in [7, 11) is 2.54. The predicted molar refractivity (Wildman–Crippen MR) is 80.0 cm³/mol. The average molecular weight is 319 g/mol. The largest absolute Gasteiger partial charge is 0.493 e. The van der Waals surface area contributed by atoms with Gasteiger partial charge in [0.2, 0.25) is 0 Å². The van der Waals surface area contributed by atoms with Gasteiger partial charge in [0.1, 0.15) is 18.2 Å². The first-order valence-corrected chi connectivity index (χ1v) is 7.17. The van der Waals surface area contributed by atoms with E-state index in [1.165, 1.54) is 14.2 Å². The lowest BCUT2D eigenvalue weighted by Crippen LogP contribution is -2.39. The maximum atomic E-state index is 12.3. The number of ether oxygens (including phenoxy) is 4. The standard InChI is InChI=1S/C16H17NO6/c1-20-15(18)11-8-22-9-17(14(11)16(19)21-2)12-4-3-5-13-10(12)6-7-23-13/h3-5H,6-9H2,1-2H3. The molecule has 1 aromatic carbocycles. The molecule has 0 saturated carbocycles. The molecule has 0 N–H and O–H groups in total. The van der Waals surface area contributed by atoms with Gasteiger partial charge in [0.05, 0.1) is 38.7 Å². The first-order chi connectivity index (χ1) is 11.2. The van der Waals surface area contributed by atoms with Crippen LogP contribution in [0.5, 0.6) is 5.75 Å². The second kappa shape index (κ2) is 6.29. The van der Waals surface area contributed by atoms with Crippen molar-refractivity contribution in [2.45, 2.75) is 6.42 Å². The Bertz CT molecular complexity index is 681. The summed E-state index contributed by atoms with van der Waals surface area (Å²) in [6, 6.07) is 5.57. The van der Waals surface area contributed by atoms with Gasteiger partial charge in [-0.2, -0.15) is 0 Å². The minimum Gasteiger partial charge on any atom is -0.493 e. The lowest BCUT2D eigenvalue weighted by atomic mass is 10.1. The molecule has 0 aliphatic carbocycles. The Morgan fingerprint density at radius 2 is 1.96 bits per heavy atom. The van der Waals surface area contributed by atoms with Gasteiger partial charge in [-0.3, -0.25) is 0 Å². The van der Waals surface area contributed by atoms with E-state index in [4.69, 9.17) is 18.9 Å². The van der Waals surface area contributed by atoms with Crippen LogP contribution in [-0.2, 0) is 30.2 Å². The zero-order valence-corrected chi connectivity index (χ0v) is 13.0. The van der Waals surface area contributed by atoms with E-state index in [1.807, 2.05) is 18.2 Å². The molecule has 2 aliphatic heterocycles. The number of anilines is 1. The number of fused-ring (bicyclic) bond motifs is 1. The van der Waals surface area contributed by atoms with E-state index < -0.39 is 11.9 Å². The highest BCUT2D eigenvalue weighted by Gasteiger charge is 2.34. The summed E-state index contributed by atoms with van der Waals surface area (Å²) >= 11 is 0. The predicted octanol–water partition coefficient (Wildman–Crippen LogP) is 1.02. The topological polar surface area (TPSA) is 74.3 Å². The van der Waals surface area contributed by atoms with E-state index in [1.54, 1.807) is 4.90 Å². The molecule has 3 rings (SSSR count). The molecule has 2 aliphatic rings. The summed E-state index contributed by atoms with van der Waals surface area (Å²) in [6.45, 7) is 0.725. The van der Waals surface area contributed by atoms with Gasteiger partial charge in [0.25, 0.3) is 0 Å². The van der Waals surface area contributed by atoms with E-state index in [-0.39, 0.29) is 24.6 Å². The molecule has 0 bridgehead atoms. The third-order valence-corrected chi connectivity index (χ3v) is 3.84. The summed E-state index contributed by atoms with van der Waals surface area (Å²) in [5.74, 6) is -0.443. The summed E-state index contributed by atoms with van der Waals surface area (Å²) in [4.78, 5) is 25.9. The SMILES string of the molecule is COC(=O)C1=C(C(=O)OC)N(c2cccc3c2CCO3)COC1. The fourth-order valence-corrected chi connectivity index (χ4v) is 2.79. The van der Waals surface area contributed by atoms with Gasteiger partial charge in [-0.05, 0) is 12.1 Å². The van der Waals surface area contributed by atoms with Crippen molar-refractivity contribution < 1.29 is 28.5 Å². The van der Waals surface area contributed by atoms with Gasteiger partial charge < -0.3 is 23.8 Å². The van der Waals surface area contributed by atoms with Crippen molar-refractivity contribution in [1.29, 1.82) is 0 Å². The normalized spacial score (nSPS) is 16.7. The molecule has 23 heavy (non-hydrogen) atoms. The Kier molecular flexibility index (Phi) is 4.20. The van der Waals surface area contributed by atoms with Gasteiger partial charge in [-0.25, -0.2) is 9.59 Å². The molecular weight excluding hydrogens is 302 g/mol. The summed E-state index contributed by atoms with van der Waals surface area (Å²) < 4.78 is 20.6. The zero-order chi connectivity index (χ0) is 16.4. The number of methoxy groups -OCH3 is 2.